The van der Waals surface area contributed by atoms with E-state index in [0.717, 1.165) is 25.2 Å². The molecule has 1 atom stereocenters. The monoisotopic (exact) mass is 247 g/mol. The van der Waals surface area contributed by atoms with Crippen LogP contribution in [0.5, 0.6) is 0 Å². The van der Waals surface area contributed by atoms with Gasteiger partial charge in [0, 0.05) is 16.8 Å². The third kappa shape index (κ3) is 2.23. The lowest BCUT2D eigenvalue weighted by Crippen LogP contribution is -2.25. The fourth-order valence-electron chi connectivity index (χ4n) is 2.56. The van der Waals surface area contributed by atoms with Crippen LogP contribution in [0.15, 0.2) is 29.6 Å². The number of benzene rings is 1. The van der Waals surface area contributed by atoms with E-state index in [1.165, 1.54) is 22.9 Å². The first-order valence-corrected chi connectivity index (χ1v) is 7.09. The van der Waals surface area contributed by atoms with Crippen molar-refractivity contribution in [2.45, 2.75) is 18.9 Å². The van der Waals surface area contributed by atoms with Gasteiger partial charge in [-0.3, -0.25) is 0 Å². The lowest BCUT2D eigenvalue weighted by Gasteiger charge is -2.19. The van der Waals surface area contributed by atoms with Crippen molar-refractivity contribution in [3.05, 3.63) is 35.2 Å². The lowest BCUT2D eigenvalue weighted by molar-refractivity contribution is 0.128. The highest BCUT2D eigenvalue weighted by molar-refractivity contribution is 7.17. The zero-order chi connectivity index (χ0) is 11.7. The molecule has 3 heteroatoms. The maximum atomic E-state index is 10.3. The fourth-order valence-corrected chi connectivity index (χ4v) is 3.57. The summed E-state index contributed by atoms with van der Waals surface area (Å²) in [5, 5.41) is 13.6. The molecule has 90 valence electrons. The first-order valence-electron chi connectivity index (χ1n) is 6.21. The maximum Gasteiger partial charge on any atom is 0.0930 e. The summed E-state index contributed by atoms with van der Waals surface area (Å²) in [5.41, 5.74) is 1.09. The summed E-state index contributed by atoms with van der Waals surface area (Å²) in [6.45, 7) is 3.05. The average molecular weight is 247 g/mol. The molecule has 2 nitrogen and oxygen atoms in total. The SMILES string of the molecule is OC(CN1CCCC1)c1csc2ccccc12. The Morgan fingerprint density at radius 1 is 1.24 bits per heavy atom. The minimum Gasteiger partial charge on any atom is -0.387 e. The van der Waals surface area contributed by atoms with Crippen LogP contribution in [0.4, 0.5) is 0 Å². The van der Waals surface area contributed by atoms with Crippen LogP contribution in [0.25, 0.3) is 10.1 Å². The van der Waals surface area contributed by atoms with Gasteiger partial charge in [0.2, 0.25) is 0 Å². The molecule has 1 unspecified atom stereocenters. The number of hydrogen-bond donors (Lipinski definition) is 1. The Hall–Kier alpha value is -0.900. The van der Waals surface area contributed by atoms with Crippen molar-refractivity contribution in [2.75, 3.05) is 19.6 Å². The molecule has 0 bridgehead atoms. The van der Waals surface area contributed by atoms with Crippen molar-refractivity contribution >= 4 is 21.4 Å². The van der Waals surface area contributed by atoms with Gasteiger partial charge >= 0.3 is 0 Å². The van der Waals surface area contributed by atoms with Crippen molar-refractivity contribution in [2.24, 2.45) is 0 Å². The summed E-state index contributed by atoms with van der Waals surface area (Å²) in [7, 11) is 0. The van der Waals surface area contributed by atoms with Crippen LogP contribution in [0.2, 0.25) is 0 Å². The number of thiophene rings is 1. The predicted molar refractivity (Wildman–Crippen MR) is 72.5 cm³/mol. The minimum atomic E-state index is -0.343. The molecule has 2 aromatic rings. The summed E-state index contributed by atoms with van der Waals surface area (Å²) < 4.78 is 1.27. The first kappa shape index (κ1) is 11.2. The van der Waals surface area contributed by atoms with Gasteiger partial charge in [0.1, 0.15) is 0 Å². The van der Waals surface area contributed by atoms with Gasteiger partial charge in [-0.2, -0.15) is 0 Å². The van der Waals surface area contributed by atoms with Crippen LogP contribution in [0.1, 0.15) is 24.5 Å². The number of hydrogen-bond acceptors (Lipinski definition) is 3. The number of aliphatic hydroxyl groups excluding tert-OH is 1. The molecular weight excluding hydrogens is 230 g/mol. The Labute approximate surface area is 105 Å². The van der Waals surface area contributed by atoms with Gasteiger partial charge in [-0.05, 0) is 42.8 Å². The molecule has 0 spiro atoms. The summed E-state index contributed by atoms with van der Waals surface area (Å²) in [4.78, 5) is 2.36. The van der Waals surface area contributed by atoms with Crippen LogP contribution in [0, 0.1) is 0 Å². The maximum absolute atomic E-state index is 10.3. The predicted octanol–water partition coefficient (Wildman–Crippen LogP) is 3.03. The third-order valence-corrected chi connectivity index (χ3v) is 4.48. The molecule has 1 fully saturated rings. The largest absolute Gasteiger partial charge is 0.387 e. The van der Waals surface area contributed by atoms with E-state index < -0.39 is 0 Å². The first-order chi connectivity index (χ1) is 8.34. The lowest BCUT2D eigenvalue weighted by atomic mass is 10.1. The van der Waals surface area contributed by atoms with E-state index in [9.17, 15) is 5.11 Å². The van der Waals surface area contributed by atoms with Gasteiger partial charge in [-0.1, -0.05) is 18.2 Å². The Balaban J connectivity index is 1.82. The van der Waals surface area contributed by atoms with Crippen LogP contribution < -0.4 is 0 Å². The second-order valence-electron chi connectivity index (χ2n) is 4.71. The highest BCUT2D eigenvalue weighted by atomic mass is 32.1. The van der Waals surface area contributed by atoms with Crippen molar-refractivity contribution in [3.63, 3.8) is 0 Å². The second kappa shape index (κ2) is 4.77. The standard InChI is InChI=1S/C14H17NOS/c16-13(9-15-7-3-4-8-15)12-10-17-14-6-2-1-5-11(12)14/h1-2,5-6,10,13,16H,3-4,7-9H2. The molecule has 3 rings (SSSR count). The molecule has 0 aliphatic carbocycles. The van der Waals surface area contributed by atoms with Crippen LogP contribution in [-0.2, 0) is 0 Å². The quantitative estimate of drug-likeness (QED) is 0.901. The highest BCUT2D eigenvalue weighted by Crippen LogP contribution is 2.30. The Morgan fingerprint density at radius 3 is 2.82 bits per heavy atom. The zero-order valence-electron chi connectivity index (χ0n) is 9.80. The number of likely N-dealkylation sites (tertiary alicyclic amines) is 1. The molecular formula is C14H17NOS. The van der Waals surface area contributed by atoms with Crippen LogP contribution in [0.3, 0.4) is 0 Å². The molecule has 1 aliphatic heterocycles. The van der Waals surface area contributed by atoms with E-state index in [4.69, 9.17) is 0 Å². The molecule has 1 N–H and O–H groups in total. The van der Waals surface area contributed by atoms with E-state index >= 15 is 0 Å². The minimum absolute atomic E-state index is 0.343. The zero-order valence-corrected chi connectivity index (χ0v) is 10.6. The molecule has 0 radical (unpaired) electrons. The van der Waals surface area contributed by atoms with E-state index in [1.807, 2.05) is 6.07 Å². The summed E-state index contributed by atoms with van der Waals surface area (Å²) in [5.74, 6) is 0. The third-order valence-electron chi connectivity index (χ3n) is 3.50. The van der Waals surface area contributed by atoms with Crippen molar-refractivity contribution in [3.8, 4) is 0 Å². The van der Waals surface area contributed by atoms with Gasteiger partial charge in [-0.15, -0.1) is 11.3 Å². The van der Waals surface area contributed by atoms with Crippen LogP contribution in [-0.4, -0.2) is 29.6 Å². The molecule has 17 heavy (non-hydrogen) atoms. The fraction of sp³-hybridized carbons (Fsp3) is 0.429. The smallest absolute Gasteiger partial charge is 0.0930 e. The van der Waals surface area contributed by atoms with Crippen molar-refractivity contribution < 1.29 is 5.11 Å². The highest BCUT2D eigenvalue weighted by Gasteiger charge is 2.19. The average Bonchev–Trinajstić information content (AvgIpc) is 2.96. The molecule has 1 saturated heterocycles. The second-order valence-corrected chi connectivity index (χ2v) is 5.62. The molecule has 1 aromatic carbocycles. The van der Waals surface area contributed by atoms with E-state index in [1.54, 1.807) is 11.3 Å². The van der Waals surface area contributed by atoms with Gasteiger partial charge < -0.3 is 10.0 Å². The van der Waals surface area contributed by atoms with Gasteiger partial charge in [0.15, 0.2) is 0 Å². The molecule has 0 saturated carbocycles. The molecule has 2 heterocycles. The van der Waals surface area contributed by atoms with Crippen LogP contribution >= 0.6 is 11.3 Å². The summed E-state index contributed by atoms with van der Waals surface area (Å²) in [6, 6.07) is 8.32. The Bertz CT molecular complexity index is 502. The summed E-state index contributed by atoms with van der Waals surface area (Å²) in [6.07, 6.45) is 2.21. The van der Waals surface area contributed by atoms with E-state index in [0.29, 0.717) is 0 Å². The Morgan fingerprint density at radius 2 is 2.00 bits per heavy atom. The molecule has 1 aliphatic rings. The Kier molecular flexibility index (Phi) is 3.14. The van der Waals surface area contributed by atoms with Crippen molar-refractivity contribution in [1.82, 2.24) is 4.90 Å². The number of fused-ring (bicyclic) bond motifs is 1. The van der Waals surface area contributed by atoms with E-state index in [-0.39, 0.29) is 6.10 Å². The number of nitrogens with zero attached hydrogens (tertiary/aromatic N) is 1. The van der Waals surface area contributed by atoms with E-state index in [2.05, 4.69) is 28.5 Å². The number of aliphatic hydroxyl groups is 1. The number of rotatable bonds is 3. The molecule has 0 amide bonds. The number of β-amino-alcohol motifs (C(OH)–C–C–N with tert-alkyl or cyclic N) is 1. The summed E-state index contributed by atoms with van der Waals surface area (Å²) >= 11 is 1.72. The molecule has 1 aromatic heterocycles. The topological polar surface area (TPSA) is 23.5 Å². The normalized spacial score (nSPS) is 18.9. The van der Waals surface area contributed by atoms with Gasteiger partial charge in [0.05, 0.1) is 6.10 Å². The van der Waals surface area contributed by atoms with Gasteiger partial charge in [-0.25, -0.2) is 0 Å². The van der Waals surface area contributed by atoms with Crippen molar-refractivity contribution in [1.29, 1.82) is 0 Å². The van der Waals surface area contributed by atoms with Gasteiger partial charge in [0.25, 0.3) is 0 Å².